The van der Waals surface area contributed by atoms with Crippen LogP contribution in [0.5, 0.6) is 0 Å². The van der Waals surface area contributed by atoms with E-state index in [9.17, 15) is 9.59 Å². The van der Waals surface area contributed by atoms with Crippen molar-refractivity contribution in [2.45, 2.75) is 94.0 Å². The monoisotopic (exact) mass is 579 g/mol. The number of hydrogen-bond donors (Lipinski definition) is 2. The van der Waals surface area contributed by atoms with Crippen molar-refractivity contribution in [1.29, 1.82) is 0 Å². The van der Waals surface area contributed by atoms with E-state index in [1.807, 2.05) is 26.0 Å². The largest absolute Gasteiger partial charge is 0.360 e. The van der Waals surface area contributed by atoms with Crippen molar-refractivity contribution in [3.8, 4) is 11.1 Å². The van der Waals surface area contributed by atoms with Gasteiger partial charge >= 0.3 is 0 Å². The molecule has 0 atom stereocenters. The van der Waals surface area contributed by atoms with Crippen LogP contribution in [0.2, 0.25) is 0 Å². The van der Waals surface area contributed by atoms with Crippen LogP contribution < -0.4 is 10.9 Å². The van der Waals surface area contributed by atoms with Gasteiger partial charge in [-0.15, -0.1) is 0 Å². The molecule has 5 nitrogen and oxygen atoms in total. The molecule has 2 aromatic carbocycles. The number of pyridine rings is 1. The van der Waals surface area contributed by atoms with E-state index < -0.39 is 0 Å². The smallest absolute Gasteiger partial charge is 0.255 e. The van der Waals surface area contributed by atoms with Gasteiger partial charge in [-0.1, -0.05) is 76.8 Å². The van der Waals surface area contributed by atoms with Crippen molar-refractivity contribution in [3.05, 3.63) is 105 Å². The number of nitrogens with one attached hydrogen (secondary N) is 2. The molecule has 4 rings (SSSR count). The molecule has 0 aliphatic heterocycles. The highest BCUT2D eigenvalue weighted by Gasteiger charge is 2.26. The molecular formula is C38H49N3O2. The molecule has 0 saturated heterocycles. The van der Waals surface area contributed by atoms with E-state index in [-0.39, 0.29) is 11.3 Å². The summed E-state index contributed by atoms with van der Waals surface area (Å²) >= 11 is 0. The molecule has 0 radical (unpaired) electrons. The lowest BCUT2D eigenvalue weighted by Crippen LogP contribution is -2.12. The maximum Gasteiger partial charge on any atom is 0.255 e. The van der Waals surface area contributed by atoms with Gasteiger partial charge in [0.05, 0.1) is 11.2 Å². The van der Waals surface area contributed by atoms with Gasteiger partial charge in [-0.25, -0.2) is 0 Å². The predicted octanol–water partition coefficient (Wildman–Crippen LogP) is 10.1. The van der Waals surface area contributed by atoms with Gasteiger partial charge in [0, 0.05) is 47.6 Å². The molecule has 0 unspecified atom stereocenters. The van der Waals surface area contributed by atoms with E-state index in [1.54, 1.807) is 25.3 Å². The van der Waals surface area contributed by atoms with Crippen LogP contribution in [0.25, 0.3) is 28.1 Å². The molecule has 0 fully saturated rings. The third-order valence-electron chi connectivity index (χ3n) is 7.80. The Balaban J connectivity index is 0.000000646. The number of H-pyrrole nitrogens is 1. The van der Waals surface area contributed by atoms with Gasteiger partial charge in [0.1, 0.15) is 0 Å². The molecule has 0 spiro atoms. The van der Waals surface area contributed by atoms with Gasteiger partial charge in [-0.3, -0.25) is 9.59 Å². The maximum absolute atomic E-state index is 13.2. The standard InChI is InChI=1S/C31H33N3O2.C7H16/c1-8-10-24-19(4)16-27-28(21(24)6)29(25-11-9-14-32-31(25)36)30(22(7)35)34(27)17-23-12-13-26(20(5)15-23)33-18(2)3;1-3-5-7-6-4-2/h8-16,33H,2,17H2,1,3-7H3,(H,32,36);3-7H2,1-2H3/b10-8-;. The zero-order valence-electron chi connectivity index (χ0n) is 27.4. The van der Waals surface area contributed by atoms with Crippen LogP contribution in [0.15, 0.2) is 65.7 Å². The second-order valence-corrected chi connectivity index (χ2v) is 11.5. The Labute approximate surface area is 257 Å². The van der Waals surface area contributed by atoms with Gasteiger partial charge in [-0.2, -0.15) is 0 Å². The summed E-state index contributed by atoms with van der Waals surface area (Å²) in [6.07, 6.45) is 12.7. The Bertz CT molecular complexity index is 1680. The molecule has 0 amide bonds. The minimum Gasteiger partial charge on any atom is -0.360 e. The summed E-state index contributed by atoms with van der Waals surface area (Å²) in [6, 6.07) is 12.0. The van der Waals surface area contributed by atoms with Crippen LogP contribution in [-0.4, -0.2) is 15.3 Å². The van der Waals surface area contributed by atoms with E-state index >= 15 is 0 Å². The summed E-state index contributed by atoms with van der Waals surface area (Å²) in [5.74, 6) is -0.0774. The van der Waals surface area contributed by atoms with Crippen molar-refractivity contribution >= 4 is 28.4 Å². The number of aromatic amines is 1. The van der Waals surface area contributed by atoms with Crippen molar-refractivity contribution in [2.24, 2.45) is 0 Å². The normalized spacial score (nSPS) is 11.1. The van der Waals surface area contributed by atoms with Gasteiger partial charge in [0.25, 0.3) is 5.56 Å². The van der Waals surface area contributed by atoms with E-state index in [0.29, 0.717) is 23.4 Å². The summed E-state index contributed by atoms with van der Waals surface area (Å²) in [5.41, 5.74) is 9.82. The van der Waals surface area contributed by atoms with Crippen molar-refractivity contribution < 1.29 is 4.79 Å². The Morgan fingerprint density at radius 1 is 1.00 bits per heavy atom. The Kier molecular flexibility index (Phi) is 11.9. The van der Waals surface area contributed by atoms with Crippen LogP contribution in [0.4, 0.5) is 5.69 Å². The first-order chi connectivity index (χ1) is 20.5. The van der Waals surface area contributed by atoms with E-state index in [2.05, 4.69) is 80.3 Å². The second kappa shape index (κ2) is 15.4. The number of aryl methyl sites for hydroxylation is 3. The van der Waals surface area contributed by atoms with Crippen LogP contribution in [0, 0.1) is 20.8 Å². The molecule has 0 saturated carbocycles. The fraction of sp³-hybridized carbons (Fsp3) is 0.368. The fourth-order valence-corrected chi connectivity index (χ4v) is 5.77. The topological polar surface area (TPSA) is 66.9 Å². The number of hydrogen-bond acceptors (Lipinski definition) is 3. The van der Waals surface area contributed by atoms with Crippen molar-refractivity contribution in [3.63, 3.8) is 0 Å². The van der Waals surface area contributed by atoms with Crippen molar-refractivity contribution in [1.82, 2.24) is 9.55 Å². The second-order valence-electron chi connectivity index (χ2n) is 11.5. The molecule has 0 aliphatic carbocycles. The SMILES string of the molecule is C=C(C)Nc1ccc(Cn2c(C(C)=O)c(-c3ccc[nH]c3=O)c3c(C)c(/C=C\C)c(C)cc32)cc1C.CCCCCCC. The summed E-state index contributed by atoms with van der Waals surface area (Å²) in [4.78, 5) is 29.0. The summed E-state index contributed by atoms with van der Waals surface area (Å²) in [6.45, 7) is 20.6. The van der Waals surface area contributed by atoms with E-state index in [1.165, 1.54) is 32.1 Å². The lowest BCUT2D eigenvalue weighted by atomic mass is 9.93. The highest BCUT2D eigenvalue weighted by atomic mass is 16.1. The zero-order chi connectivity index (χ0) is 31.7. The summed E-state index contributed by atoms with van der Waals surface area (Å²) in [7, 11) is 0. The summed E-state index contributed by atoms with van der Waals surface area (Å²) < 4.78 is 2.07. The van der Waals surface area contributed by atoms with Crippen LogP contribution in [0.1, 0.15) is 105 Å². The number of ketones is 1. The minimum atomic E-state index is -0.210. The number of aromatic nitrogens is 2. The first kappa shape index (κ1) is 33.4. The van der Waals surface area contributed by atoms with Gasteiger partial charge in [0.2, 0.25) is 0 Å². The van der Waals surface area contributed by atoms with Gasteiger partial charge in [0.15, 0.2) is 5.78 Å². The number of carbonyl (C=O) groups excluding carboxylic acids is 1. The number of benzene rings is 2. The third-order valence-corrected chi connectivity index (χ3v) is 7.80. The first-order valence-corrected chi connectivity index (χ1v) is 15.6. The van der Waals surface area contributed by atoms with E-state index in [4.69, 9.17) is 0 Å². The van der Waals surface area contributed by atoms with E-state index in [0.717, 1.165) is 50.1 Å². The molecule has 0 bridgehead atoms. The Hall–Kier alpha value is -4.12. The average molecular weight is 580 g/mol. The van der Waals surface area contributed by atoms with Gasteiger partial charge in [-0.05, 0) is 86.7 Å². The molecule has 4 aromatic rings. The molecule has 2 aromatic heterocycles. The number of nitrogens with zero attached hydrogens (tertiary/aromatic N) is 1. The predicted molar refractivity (Wildman–Crippen MR) is 185 cm³/mol. The number of carbonyl (C=O) groups is 1. The zero-order valence-corrected chi connectivity index (χ0v) is 27.4. The molecule has 228 valence electrons. The number of anilines is 1. The first-order valence-electron chi connectivity index (χ1n) is 15.6. The van der Waals surface area contributed by atoms with Crippen LogP contribution >= 0.6 is 0 Å². The molecule has 2 N–H and O–H groups in total. The van der Waals surface area contributed by atoms with Gasteiger partial charge < -0.3 is 14.9 Å². The van der Waals surface area contributed by atoms with Crippen LogP contribution in [0.3, 0.4) is 0 Å². The molecule has 5 heteroatoms. The number of unbranched alkanes of at least 4 members (excludes halogenated alkanes) is 4. The van der Waals surface area contributed by atoms with Crippen molar-refractivity contribution in [2.75, 3.05) is 5.32 Å². The lowest BCUT2D eigenvalue weighted by Gasteiger charge is -2.14. The number of fused-ring (bicyclic) bond motifs is 1. The highest BCUT2D eigenvalue weighted by Crippen LogP contribution is 2.39. The third kappa shape index (κ3) is 7.84. The fourth-order valence-electron chi connectivity index (χ4n) is 5.77. The quantitative estimate of drug-likeness (QED) is 0.137. The Morgan fingerprint density at radius 3 is 2.26 bits per heavy atom. The molecule has 0 aliphatic rings. The van der Waals surface area contributed by atoms with Crippen LogP contribution in [-0.2, 0) is 6.54 Å². The Morgan fingerprint density at radius 2 is 1.70 bits per heavy atom. The lowest BCUT2D eigenvalue weighted by molar-refractivity contribution is 0.101. The average Bonchev–Trinajstić information content (AvgIpc) is 3.27. The molecule has 2 heterocycles. The maximum atomic E-state index is 13.2. The number of rotatable bonds is 11. The minimum absolute atomic E-state index is 0.0774. The molecular weight excluding hydrogens is 530 g/mol. The number of Topliss-reactive ketones (excluding diaryl/α,β-unsaturated/α-hetero) is 1. The number of allylic oxidation sites excluding steroid dienone is 2. The highest BCUT2D eigenvalue weighted by molar-refractivity contribution is 6.12. The molecule has 43 heavy (non-hydrogen) atoms. The summed E-state index contributed by atoms with van der Waals surface area (Å²) in [5, 5.41) is 4.23.